The van der Waals surface area contributed by atoms with Gasteiger partial charge in [0.1, 0.15) is 9.96 Å². The Hall–Kier alpha value is -1.90. The van der Waals surface area contributed by atoms with Crippen LogP contribution in [-0.4, -0.2) is 38.8 Å². The van der Waals surface area contributed by atoms with E-state index in [1.54, 1.807) is 31.4 Å². The molecule has 2 aromatic rings. The summed E-state index contributed by atoms with van der Waals surface area (Å²) in [6.45, 7) is 2.52. The summed E-state index contributed by atoms with van der Waals surface area (Å²) in [7, 11) is -2.00. The van der Waals surface area contributed by atoms with E-state index in [1.165, 1.54) is 15.6 Å². The van der Waals surface area contributed by atoms with Crippen molar-refractivity contribution in [2.75, 3.05) is 25.5 Å². The van der Waals surface area contributed by atoms with Crippen molar-refractivity contribution < 1.29 is 17.9 Å². The summed E-state index contributed by atoms with van der Waals surface area (Å²) >= 11 is 1.26. The van der Waals surface area contributed by atoms with Crippen molar-refractivity contribution in [1.82, 2.24) is 4.31 Å². The van der Waals surface area contributed by atoms with Crippen molar-refractivity contribution in [3.63, 3.8) is 0 Å². The van der Waals surface area contributed by atoms with E-state index in [4.69, 9.17) is 4.74 Å². The molecule has 1 aliphatic rings. The number of nitrogens with one attached hydrogen (secondary N) is 1. The number of nitrogens with zero attached hydrogens (tertiary/aromatic N) is 1. The Morgan fingerprint density at radius 1 is 1.27 bits per heavy atom. The highest BCUT2D eigenvalue weighted by Gasteiger charge is 2.34. The van der Waals surface area contributed by atoms with Crippen molar-refractivity contribution in [1.29, 1.82) is 0 Å². The third kappa shape index (κ3) is 3.92. The molecule has 1 N–H and O–H groups in total. The molecule has 26 heavy (non-hydrogen) atoms. The van der Waals surface area contributed by atoms with Crippen LogP contribution in [0.2, 0.25) is 0 Å². The monoisotopic (exact) mass is 394 g/mol. The van der Waals surface area contributed by atoms with Gasteiger partial charge in [0.25, 0.3) is 10.0 Å². The van der Waals surface area contributed by atoms with Crippen LogP contribution in [0.4, 0.5) is 5.69 Å². The predicted molar refractivity (Wildman–Crippen MR) is 102 cm³/mol. The summed E-state index contributed by atoms with van der Waals surface area (Å²) in [6, 6.07) is 10.6. The van der Waals surface area contributed by atoms with Gasteiger partial charge >= 0.3 is 0 Å². The van der Waals surface area contributed by atoms with E-state index in [0.717, 1.165) is 4.88 Å². The SMILES string of the molecule is COc1ccccc1NC(=O)[C@H]1CCCN(S(=O)(=O)c2ccc(C)s2)C1. The normalized spacial score (nSPS) is 18.5. The average Bonchev–Trinajstić information content (AvgIpc) is 3.09. The topological polar surface area (TPSA) is 75.7 Å². The minimum absolute atomic E-state index is 0.184. The molecule has 1 aromatic carbocycles. The molecule has 1 atom stereocenters. The van der Waals surface area contributed by atoms with E-state index in [-0.39, 0.29) is 18.4 Å². The third-order valence-electron chi connectivity index (χ3n) is 4.43. The number of hydrogen-bond acceptors (Lipinski definition) is 5. The molecule has 6 nitrogen and oxygen atoms in total. The minimum Gasteiger partial charge on any atom is -0.495 e. The van der Waals surface area contributed by atoms with Crippen LogP contribution >= 0.6 is 11.3 Å². The van der Waals surface area contributed by atoms with Gasteiger partial charge in [0.15, 0.2) is 0 Å². The summed E-state index contributed by atoms with van der Waals surface area (Å²) < 4.78 is 32.6. The van der Waals surface area contributed by atoms with Crippen LogP contribution in [0.5, 0.6) is 5.75 Å². The van der Waals surface area contributed by atoms with Crippen LogP contribution in [0, 0.1) is 12.8 Å². The Morgan fingerprint density at radius 3 is 2.73 bits per heavy atom. The number of anilines is 1. The van der Waals surface area contributed by atoms with Crippen LogP contribution in [0.1, 0.15) is 17.7 Å². The quantitative estimate of drug-likeness (QED) is 0.845. The van der Waals surface area contributed by atoms with E-state index in [0.29, 0.717) is 35.0 Å². The molecular formula is C18H22N2O4S2. The van der Waals surface area contributed by atoms with Gasteiger partial charge in [-0.2, -0.15) is 4.31 Å². The molecule has 1 fully saturated rings. The lowest BCUT2D eigenvalue weighted by atomic mass is 9.98. The molecule has 0 spiro atoms. The molecule has 8 heteroatoms. The molecule has 3 rings (SSSR count). The van der Waals surface area contributed by atoms with Crippen LogP contribution in [0.3, 0.4) is 0 Å². The fourth-order valence-electron chi connectivity index (χ4n) is 3.04. The van der Waals surface area contributed by atoms with Crippen LogP contribution in [-0.2, 0) is 14.8 Å². The van der Waals surface area contributed by atoms with E-state index in [2.05, 4.69) is 5.32 Å². The lowest BCUT2D eigenvalue weighted by Crippen LogP contribution is -2.43. The number of methoxy groups -OCH3 is 1. The Kier molecular flexibility index (Phi) is 5.64. The summed E-state index contributed by atoms with van der Waals surface area (Å²) in [5, 5.41) is 2.86. The number of piperidine rings is 1. The maximum atomic E-state index is 12.8. The van der Waals surface area contributed by atoms with Crippen LogP contribution in [0.25, 0.3) is 0 Å². The van der Waals surface area contributed by atoms with Crippen molar-refractivity contribution in [2.24, 2.45) is 5.92 Å². The summed E-state index contributed by atoms with van der Waals surface area (Å²) in [4.78, 5) is 13.6. The van der Waals surface area contributed by atoms with Gasteiger partial charge in [-0.15, -0.1) is 11.3 Å². The molecule has 2 heterocycles. The highest BCUT2D eigenvalue weighted by atomic mass is 32.2. The summed E-state index contributed by atoms with van der Waals surface area (Å²) in [5.74, 6) is 0.0106. The van der Waals surface area contributed by atoms with Gasteiger partial charge in [-0.3, -0.25) is 4.79 Å². The fourth-order valence-corrected chi connectivity index (χ4v) is 6.00. The highest BCUT2D eigenvalue weighted by molar-refractivity contribution is 7.91. The zero-order chi connectivity index (χ0) is 18.7. The molecule has 1 saturated heterocycles. The molecular weight excluding hydrogens is 372 g/mol. The van der Waals surface area contributed by atoms with E-state index < -0.39 is 10.0 Å². The van der Waals surface area contributed by atoms with Crippen molar-refractivity contribution in [3.8, 4) is 5.75 Å². The first-order valence-corrected chi connectivity index (χ1v) is 10.7. The van der Waals surface area contributed by atoms with Crippen molar-refractivity contribution >= 4 is 33.0 Å². The maximum Gasteiger partial charge on any atom is 0.252 e. The first-order valence-electron chi connectivity index (χ1n) is 8.42. The van der Waals surface area contributed by atoms with Crippen LogP contribution in [0.15, 0.2) is 40.6 Å². The minimum atomic E-state index is -3.55. The predicted octanol–water partition coefficient (Wildman–Crippen LogP) is 3.10. The van der Waals surface area contributed by atoms with Crippen LogP contribution < -0.4 is 10.1 Å². The lowest BCUT2D eigenvalue weighted by Gasteiger charge is -2.30. The third-order valence-corrected chi connectivity index (χ3v) is 7.76. The first kappa shape index (κ1) is 18.9. The average molecular weight is 395 g/mol. The van der Waals surface area contributed by atoms with Crippen molar-refractivity contribution in [3.05, 3.63) is 41.3 Å². The maximum absolute atomic E-state index is 12.8. The Labute approximate surface area is 157 Å². The summed E-state index contributed by atoms with van der Waals surface area (Å²) in [6.07, 6.45) is 1.32. The molecule has 0 aliphatic carbocycles. The zero-order valence-electron chi connectivity index (χ0n) is 14.8. The number of amides is 1. The van der Waals surface area contributed by atoms with Gasteiger partial charge in [-0.25, -0.2) is 8.42 Å². The Bertz CT molecular complexity index is 892. The van der Waals surface area contributed by atoms with E-state index >= 15 is 0 Å². The second-order valence-electron chi connectivity index (χ2n) is 6.26. The molecule has 0 saturated carbocycles. The number of sulfonamides is 1. The number of carbonyl (C=O) groups is 1. The van der Waals surface area contributed by atoms with Gasteiger partial charge in [0, 0.05) is 18.0 Å². The molecule has 0 radical (unpaired) electrons. The molecule has 1 aromatic heterocycles. The molecule has 0 bridgehead atoms. The lowest BCUT2D eigenvalue weighted by molar-refractivity contribution is -0.120. The van der Waals surface area contributed by atoms with Crippen molar-refractivity contribution in [2.45, 2.75) is 24.0 Å². The molecule has 0 unspecified atom stereocenters. The number of thiophene rings is 1. The number of carbonyl (C=O) groups excluding carboxylic acids is 1. The van der Waals surface area contributed by atoms with Gasteiger partial charge in [-0.1, -0.05) is 12.1 Å². The second kappa shape index (κ2) is 7.77. The Morgan fingerprint density at radius 2 is 2.04 bits per heavy atom. The van der Waals surface area contributed by atoms with Gasteiger partial charge in [-0.05, 0) is 44.0 Å². The summed E-state index contributed by atoms with van der Waals surface area (Å²) in [5.41, 5.74) is 0.592. The number of benzene rings is 1. The molecule has 140 valence electrons. The fraction of sp³-hybridized carbons (Fsp3) is 0.389. The number of aryl methyl sites for hydroxylation is 1. The standard InChI is InChI=1S/C18H22N2O4S2/c1-13-9-10-17(25-13)26(22,23)20-11-5-6-14(12-20)18(21)19-15-7-3-4-8-16(15)24-2/h3-4,7-10,14H,5-6,11-12H2,1-2H3,(H,19,21)/t14-/m0/s1. The van der Waals surface area contributed by atoms with Gasteiger partial charge < -0.3 is 10.1 Å². The largest absolute Gasteiger partial charge is 0.495 e. The molecule has 1 aliphatic heterocycles. The van der Waals surface area contributed by atoms with E-state index in [9.17, 15) is 13.2 Å². The highest BCUT2D eigenvalue weighted by Crippen LogP contribution is 2.29. The number of para-hydroxylation sites is 2. The number of ether oxygens (including phenoxy) is 1. The van der Waals surface area contributed by atoms with Gasteiger partial charge in [0.05, 0.1) is 18.7 Å². The second-order valence-corrected chi connectivity index (χ2v) is 9.71. The first-order chi connectivity index (χ1) is 12.4. The van der Waals surface area contributed by atoms with E-state index in [1.807, 2.05) is 19.1 Å². The molecule has 1 amide bonds. The Balaban J connectivity index is 1.73. The number of rotatable bonds is 5. The smallest absolute Gasteiger partial charge is 0.252 e. The van der Waals surface area contributed by atoms with Gasteiger partial charge in [0.2, 0.25) is 5.91 Å². The zero-order valence-corrected chi connectivity index (χ0v) is 16.4. The number of hydrogen-bond donors (Lipinski definition) is 1.